The molecule has 0 bridgehead atoms. The number of hydrogen-bond acceptors (Lipinski definition) is 7. The number of ether oxygens (including phenoxy) is 2. The van der Waals surface area contributed by atoms with Gasteiger partial charge in [-0.25, -0.2) is 9.37 Å². The highest BCUT2D eigenvalue weighted by Crippen LogP contribution is 2.33. The number of nitrogens with zero attached hydrogens (tertiary/aromatic N) is 4. The topological polar surface area (TPSA) is 113 Å². The molecule has 0 atom stereocenters. The van der Waals surface area contributed by atoms with E-state index in [1.165, 1.54) is 28.9 Å². The maximum atomic E-state index is 13.8. The molecule has 3 heterocycles. The Balaban J connectivity index is 1.16. The van der Waals surface area contributed by atoms with Crippen LogP contribution in [-0.4, -0.2) is 40.1 Å². The molecule has 0 spiro atoms. The van der Waals surface area contributed by atoms with Gasteiger partial charge in [-0.15, -0.1) is 0 Å². The van der Waals surface area contributed by atoms with Gasteiger partial charge < -0.3 is 23.8 Å². The van der Waals surface area contributed by atoms with E-state index in [4.69, 9.17) is 18.9 Å². The van der Waals surface area contributed by atoms with Gasteiger partial charge in [-0.05, 0) is 98.8 Å². The molecular formula is C38H30FN5O5. The summed E-state index contributed by atoms with van der Waals surface area (Å²) >= 11 is 0. The van der Waals surface area contributed by atoms with Gasteiger partial charge in [0.1, 0.15) is 22.9 Å². The number of rotatable bonds is 9. The highest BCUT2D eigenvalue weighted by molar-refractivity contribution is 5.92. The number of para-hydroxylation sites is 1. The summed E-state index contributed by atoms with van der Waals surface area (Å²) in [6.07, 6.45) is 1.64. The largest absolute Gasteiger partial charge is 0.496 e. The second kappa shape index (κ2) is 13.0. The molecule has 0 aliphatic heterocycles. The van der Waals surface area contributed by atoms with E-state index in [-0.39, 0.29) is 29.7 Å². The van der Waals surface area contributed by atoms with E-state index in [0.717, 1.165) is 28.0 Å². The van der Waals surface area contributed by atoms with Crippen LogP contribution in [0.2, 0.25) is 0 Å². The van der Waals surface area contributed by atoms with Gasteiger partial charge >= 0.3 is 0 Å². The molecule has 0 unspecified atom stereocenters. The van der Waals surface area contributed by atoms with Gasteiger partial charge in [0.25, 0.3) is 11.5 Å². The van der Waals surface area contributed by atoms with Crippen molar-refractivity contribution >= 4 is 39.7 Å². The van der Waals surface area contributed by atoms with Gasteiger partial charge in [0.15, 0.2) is 12.4 Å². The number of hydrogen-bond donors (Lipinski definition) is 1. The normalized spacial score (nSPS) is 11.4. The van der Waals surface area contributed by atoms with Gasteiger partial charge in [-0.3, -0.25) is 9.59 Å². The van der Waals surface area contributed by atoms with Crippen molar-refractivity contribution in [3.63, 3.8) is 0 Å². The molecule has 4 aromatic carbocycles. The van der Waals surface area contributed by atoms with E-state index in [0.29, 0.717) is 39.4 Å². The van der Waals surface area contributed by atoms with Gasteiger partial charge in [0, 0.05) is 28.3 Å². The van der Waals surface area contributed by atoms with Crippen LogP contribution in [0.1, 0.15) is 17.0 Å². The lowest BCUT2D eigenvalue weighted by Gasteiger charge is -2.12. The molecule has 3 aromatic heterocycles. The number of carbonyl (C=O) groups excluding carboxylic acids is 1. The van der Waals surface area contributed by atoms with E-state index in [2.05, 4.69) is 15.0 Å². The van der Waals surface area contributed by atoms with Crippen LogP contribution in [-0.2, 0) is 4.79 Å². The Kier molecular flexibility index (Phi) is 8.23. The molecule has 0 saturated heterocycles. The highest BCUT2D eigenvalue weighted by atomic mass is 19.1. The van der Waals surface area contributed by atoms with Crippen molar-refractivity contribution in [3.8, 4) is 28.8 Å². The van der Waals surface area contributed by atoms with Crippen LogP contribution in [0.4, 0.5) is 10.1 Å². The number of benzene rings is 4. The van der Waals surface area contributed by atoms with Gasteiger partial charge in [-0.2, -0.15) is 9.78 Å². The molecule has 0 saturated carbocycles. The summed E-state index contributed by atoms with van der Waals surface area (Å²) in [5.41, 5.74) is 4.79. The van der Waals surface area contributed by atoms with Crippen molar-refractivity contribution in [2.24, 2.45) is 5.10 Å². The van der Waals surface area contributed by atoms with E-state index >= 15 is 0 Å². The standard InChI is InChI=1S/C38H30FN5O5/c1-23-19-25(24(2)43(23)28-15-17-29(18-16-28)48-22-36(45)41-27-13-11-26(39)12-14-27)21-40-44-37(42-32-8-5-4-7-30(32)38(44)46)35-20-31-33(47-3)9-6-10-34(31)49-35/h4-21H,22H2,1-3H3,(H,41,45). The number of aryl methyl sites for hydroxylation is 1. The predicted octanol–water partition coefficient (Wildman–Crippen LogP) is 7.26. The second-order valence-corrected chi connectivity index (χ2v) is 11.3. The van der Waals surface area contributed by atoms with Gasteiger partial charge in [0.05, 0.1) is 29.6 Å². The first-order valence-electron chi connectivity index (χ1n) is 15.4. The summed E-state index contributed by atoms with van der Waals surface area (Å²) in [6.45, 7) is 3.74. The summed E-state index contributed by atoms with van der Waals surface area (Å²) in [7, 11) is 1.59. The Hall–Kier alpha value is -6.49. The van der Waals surface area contributed by atoms with Crippen LogP contribution in [0.5, 0.6) is 11.5 Å². The first kappa shape index (κ1) is 31.1. The number of anilines is 1. The molecule has 0 fully saturated rings. The van der Waals surface area contributed by atoms with E-state index < -0.39 is 0 Å². The van der Waals surface area contributed by atoms with Crippen LogP contribution in [0, 0.1) is 19.7 Å². The number of nitrogens with one attached hydrogen (secondary N) is 1. The molecule has 0 radical (unpaired) electrons. The molecule has 0 aliphatic rings. The fourth-order valence-corrected chi connectivity index (χ4v) is 5.72. The molecule has 0 aliphatic carbocycles. The molecule has 49 heavy (non-hydrogen) atoms. The van der Waals surface area contributed by atoms with Crippen molar-refractivity contribution in [1.82, 2.24) is 14.2 Å². The van der Waals surface area contributed by atoms with E-state index in [1.807, 2.05) is 56.3 Å². The number of amides is 1. The average Bonchev–Trinajstić information content (AvgIpc) is 3.68. The van der Waals surface area contributed by atoms with Crippen LogP contribution in [0.3, 0.4) is 0 Å². The molecule has 1 amide bonds. The summed E-state index contributed by atoms with van der Waals surface area (Å²) in [6, 6.07) is 29.3. The van der Waals surface area contributed by atoms with Crippen molar-refractivity contribution in [2.45, 2.75) is 13.8 Å². The minimum atomic E-state index is -0.380. The third-order valence-corrected chi connectivity index (χ3v) is 8.09. The lowest BCUT2D eigenvalue weighted by molar-refractivity contribution is -0.118. The highest BCUT2D eigenvalue weighted by Gasteiger charge is 2.18. The van der Waals surface area contributed by atoms with Crippen molar-refractivity contribution in [3.05, 3.63) is 136 Å². The van der Waals surface area contributed by atoms with Crippen molar-refractivity contribution < 1.29 is 23.1 Å². The zero-order valence-electron chi connectivity index (χ0n) is 26.8. The Bertz CT molecular complexity index is 2430. The first-order valence-corrected chi connectivity index (χ1v) is 15.4. The third-order valence-electron chi connectivity index (χ3n) is 8.09. The first-order chi connectivity index (χ1) is 23.8. The Labute approximate surface area is 279 Å². The SMILES string of the molecule is COc1cccc2oc(-c3nc4ccccc4c(=O)n3N=Cc3cc(C)n(-c4ccc(OCC(=O)Nc5ccc(F)cc5)cc4)c3C)cc12. The number of furan rings is 1. The summed E-state index contributed by atoms with van der Waals surface area (Å²) in [4.78, 5) is 30.8. The zero-order chi connectivity index (χ0) is 34.1. The molecule has 10 nitrogen and oxygen atoms in total. The summed E-state index contributed by atoms with van der Waals surface area (Å²) in [5, 5.41) is 8.50. The molecular weight excluding hydrogens is 625 g/mol. The van der Waals surface area contributed by atoms with Crippen LogP contribution in [0.25, 0.3) is 39.1 Å². The lowest BCUT2D eigenvalue weighted by atomic mass is 10.2. The second-order valence-electron chi connectivity index (χ2n) is 11.3. The molecule has 1 N–H and O–H groups in total. The van der Waals surface area contributed by atoms with E-state index in [9.17, 15) is 14.0 Å². The van der Waals surface area contributed by atoms with Crippen LogP contribution >= 0.6 is 0 Å². The fourth-order valence-electron chi connectivity index (χ4n) is 5.72. The van der Waals surface area contributed by atoms with Gasteiger partial charge in [-0.1, -0.05) is 18.2 Å². The van der Waals surface area contributed by atoms with Crippen molar-refractivity contribution in [1.29, 1.82) is 0 Å². The molecule has 244 valence electrons. The van der Waals surface area contributed by atoms with Crippen molar-refractivity contribution in [2.75, 3.05) is 19.0 Å². The number of fused-ring (bicyclic) bond motifs is 2. The molecule has 7 aromatic rings. The summed E-state index contributed by atoms with van der Waals surface area (Å²) < 4.78 is 33.8. The smallest absolute Gasteiger partial charge is 0.282 e. The lowest BCUT2D eigenvalue weighted by Crippen LogP contribution is -2.20. The predicted molar refractivity (Wildman–Crippen MR) is 187 cm³/mol. The van der Waals surface area contributed by atoms with E-state index in [1.54, 1.807) is 49.7 Å². The summed E-state index contributed by atoms with van der Waals surface area (Å²) in [5.74, 6) is 1.05. The molecule has 7 rings (SSSR count). The molecule has 11 heteroatoms. The van der Waals surface area contributed by atoms with Crippen LogP contribution in [0.15, 0.2) is 117 Å². The minimum absolute atomic E-state index is 0.203. The Morgan fingerprint density at radius 2 is 1.73 bits per heavy atom. The fraction of sp³-hybridized carbons (Fsp3) is 0.105. The number of aromatic nitrogens is 3. The average molecular weight is 656 g/mol. The van der Waals surface area contributed by atoms with Gasteiger partial charge in [0.2, 0.25) is 5.82 Å². The van der Waals surface area contributed by atoms with Crippen LogP contribution < -0.4 is 20.3 Å². The monoisotopic (exact) mass is 655 g/mol. The maximum absolute atomic E-state index is 13.8. The Morgan fingerprint density at radius 1 is 0.959 bits per heavy atom. The Morgan fingerprint density at radius 3 is 2.51 bits per heavy atom. The zero-order valence-corrected chi connectivity index (χ0v) is 26.8. The number of carbonyl (C=O) groups is 1. The quantitative estimate of drug-likeness (QED) is 0.164. The third kappa shape index (κ3) is 6.17. The number of halogens is 1. The number of methoxy groups -OCH3 is 1. The minimum Gasteiger partial charge on any atom is -0.496 e. The maximum Gasteiger partial charge on any atom is 0.282 e.